The van der Waals surface area contributed by atoms with E-state index in [1.165, 1.54) is 4.88 Å². The molecular formula is C20H16N2O2S. The van der Waals surface area contributed by atoms with Crippen LogP contribution < -0.4 is 10.2 Å². The number of phenolic OH excluding ortho intramolecular Hbond substituents is 1. The Kier molecular flexibility index (Phi) is 3.29. The van der Waals surface area contributed by atoms with Crippen LogP contribution in [0.5, 0.6) is 11.5 Å². The maximum Gasteiger partial charge on any atom is 0.199 e. The Hall–Kier alpha value is -2.76. The first-order valence-electron chi connectivity index (χ1n) is 8.15. The minimum Gasteiger partial charge on any atom is -0.507 e. The van der Waals surface area contributed by atoms with E-state index >= 15 is 0 Å². The van der Waals surface area contributed by atoms with E-state index in [1.807, 2.05) is 42.5 Å². The van der Waals surface area contributed by atoms with Gasteiger partial charge in [0.25, 0.3) is 0 Å². The highest BCUT2D eigenvalue weighted by atomic mass is 32.1. The zero-order chi connectivity index (χ0) is 16.8. The molecule has 4 nitrogen and oxygen atoms in total. The van der Waals surface area contributed by atoms with Crippen LogP contribution in [0.4, 0.5) is 0 Å². The van der Waals surface area contributed by atoms with E-state index in [1.54, 1.807) is 17.4 Å². The van der Waals surface area contributed by atoms with Crippen molar-refractivity contribution in [3.8, 4) is 11.5 Å². The molecule has 0 amide bonds. The summed E-state index contributed by atoms with van der Waals surface area (Å²) >= 11 is 1.70. The molecular weight excluding hydrogens is 332 g/mol. The monoisotopic (exact) mass is 348 g/mol. The van der Waals surface area contributed by atoms with Gasteiger partial charge in [0.1, 0.15) is 11.5 Å². The van der Waals surface area contributed by atoms with Crippen LogP contribution in [0.3, 0.4) is 0 Å². The van der Waals surface area contributed by atoms with Gasteiger partial charge in [0.15, 0.2) is 6.23 Å². The van der Waals surface area contributed by atoms with Crippen LogP contribution in [0.1, 0.15) is 28.3 Å². The molecule has 3 heterocycles. The van der Waals surface area contributed by atoms with Crippen LogP contribution in [0, 0.1) is 0 Å². The number of aromatic hydroxyl groups is 1. The van der Waals surface area contributed by atoms with Crippen LogP contribution in [0.2, 0.25) is 0 Å². The molecule has 0 saturated heterocycles. The van der Waals surface area contributed by atoms with E-state index < -0.39 is 6.23 Å². The summed E-state index contributed by atoms with van der Waals surface area (Å²) in [6.45, 7) is 0. The van der Waals surface area contributed by atoms with Gasteiger partial charge < -0.3 is 15.3 Å². The molecule has 0 radical (unpaired) electrons. The van der Waals surface area contributed by atoms with Gasteiger partial charge >= 0.3 is 0 Å². The largest absolute Gasteiger partial charge is 0.507 e. The minimum absolute atomic E-state index is 0.0478. The first-order chi connectivity index (χ1) is 12.3. The lowest BCUT2D eigenvalue weighted by molar-refractivity contribution is -0.0338. The number of nitrogens with zero attached hydrogens (tertiary/aromatic N) is 1. The normalized spacial score (nSPS) is 21.7. The van der Waals surface area contributed by atoms with E-state index in [0.29, 0.717) is 0 Å². The average molecular weight is 348 g/mol. The lowest BCUT2D eigenvalue weighted by Gasteiger charge is -2.39. The summed E-state index contributed by atoms with van der Waals surface area (Å²) in [5.74, 6) is 1.08. The molecule has 2 unspecified atom stereocenters. The summed E-state index contributed by atoms with van der Waals surface area (Å²) in [5, 5.41) is 14.5. The van der Waals surface area contributed by atoms with Crippen LogP contribution in [-0.4, -0.2) is 10.1 Å². The Morgan fingerprint density at radius 1 is 0.960 bits per heavy atom. The number of hydrogen-bond acceptors (Lipinski definition) is 5. The van der Waals surface area contributed by atoms with Gasteiger partial charge in [-0.3, -0.25) is 0 Å². The van der Waals surface area contributed by atoms with Crippen molar-refractivity contribution >= 4 is 17.0 Å². The van der Waals surface area contributed by atoms with Crippen molar-refractivity contribution < 1.29 is 9.84 Å². The topological polar surface area (TPSA) is 44.7 Å². The molecule has 25 heavy (non-hydrogen) atoms. The quantitative estimate of drug-likeness (QED) is 0.718. The fraction of sp³-hybridized carbons (Fsp3) is 0.100. The highest BCUT2D eigenvalue weighted by Crippen LogP contribution is 2.47. The Morgan fingerprint density at radius 3 is 2.56 bits per heavy atom. The second-order valence-corrected chi connectivity index (χ2v) is 7.04. The lowest BCUT2D eigenvalue weighted by atomic mass is 10.0. The first kappa shape index (κ1) is 14.6. The fourth-order valence-corrected chi connectivity index (χ4v) is 4.12. The number of phenols is 1. The number of thiophene rings is 1. The Labute approximate surface area is 149 Å². The average Bonchev–Trinajstić information content (AvgIpc) is 3.31. The molecule has 2 aliphatic rings. The standard InChI is InChI=1S/C20H16N2O2S/c23-17-8-3-1-7-14(17)20-22-16(13-6-2-4-9-18(13)24-20)12-15(21-22)19-10-5-11-25-19/h1-12,16,20-21,23H. The van der Waals surface area contributed by atoms with Gasteiger partial charge in [0.2, 0.25) is 0 Å². The number of hydrazine groups is 1. The number of rotatable bonds is 2. The molecule has 0 bridgehead atoms. The van der Waals surface area contributed by atoms with E-state index in [4.69, 9.17) is 4.74 Å². The molecule has 0 fully saturated rings. The van der Waals surface area contributed by atoms with Crippen LogP contribution in [-0.2, 0) is 0 Å². The highest BCUT2D eigenvalue weighted by molar-refractivity contribution is 7.11. The van der Waals surface area contributed by atoms with Crippen molar-refractivity contribution in [2.24, 2.45) is 0 Å². The van der Waals surface area contributed by atoms with E-state index in [9.17, 15) is 5.11 Å². The summed E-state index contributed by atoms with van der Waals surface area (Å²) in [6.07, 6.45) is 1.81. The zero-order valence-corrected chi connectivity index (χ0v) is 14.1. The summed E-state index contributed by atoms with van der Waals surface area (Å²) in [7, 11) is 0. The number of fused-ring (bicyclic) bond motifs is 3. The third-order valence-corrected chi connectivity index (χ3v) is 5.50. The van der Waals surface area contributed by atoms with Crippen molar-refractivity contribution in [1.82, 2.24) is 10.4 Å². The predicted octanol–water partition coefficient (Wildman–Crippen LogP) is 4.45. The molecule has 2 aromatic carbocycles. The molecule has 0 saturated carbocycles. The molecule has 2 atom stereocenters. The maximum atomic E-state index is 10.3. The number of hydrogen-bond donors (Lipinski definition) is 2. The molecule has 0 spiro atoms. The summed E-state index contributed by atoms with van der Waals surface area (Å²) in [4.78, 5) is 1.18. The van der Waals surface area contributed by atoms with E-state index in [0.717, 1.165) is 22.6 Å². The second-order valence-electron chi connectivity index (χ2n) is 6.09. The fourth-order valence-electron chi connectivity index (χ4n) is 3.42. The molecule has 124 valence electrons. The van der Waals surface area contributed by atoms with Crippen LogP contribution in [0.25, 0.3) is 5.70 Å². The minimum atomic E-state index is -0.408. The summed E-state index contributed by atoms with van der Waals surface area (Å²) in [6, 6.07) is 19.6. The van der Waals surface area contributed by atoms with Gasteiger partial charge in [-0.1, -0.05) is 42.5 Å². The van der Waals surface area contributed by atoms with Gasteiger partial charge in [-0.15, -0.1) is 11.3 Å². The third kappa shape index (κ3) is 2.32. The number of para-hydroxylation sites is 2. The van der Waals surface area contributed by atoms with Gasteiger partial charge in [-0.25, -0.2) is 0 Å². The Bertz CT molecular complexity index is 952. The molecule has 5 heteroatoms. The third-order valence-electron chi connectivity index (χ3n) is 4.59. The van der Waals surface area contributed by atoms with Crippen molar-refractivity contribution in [1.29, 1.82) is 0 Å². The van der Waals surface area contributed by atoms with Crippen LogP contribution >= 0.6 is 11.3 Å². The number of nitrogens with one attached hydrogen (secondary N) is 1. The maximum absolute atomic E-state index is 10.3. The molecule has 0 aliphatic carbocycles. The number of benzene rings is 2. The van der Waals surface area contributed by atoms with Gasteiger partial charge in [-0.05, 0) is 29.7 Å². The first-order valence-corrected chi connectivity index (χ1v) is 9.03. The smallest absolute Gasteiger partial charge is 0.199 e. The van der Waals surface area contributed by atoms with Crippen molar-refractivity contribution in [2.75, 3.05) is 0 Å². The zero-order valence-electron chi connectivity index (χ0n) is 13.3. The highest BCUT2D eigenvalue weighted by Gasteiger charge is 2.40. The molecule has 3 aromatic rings. The van der Waals surface area contributed by atoms with E-state index in [2.05, 4.69) is 34.0 Å². The SMILES string of the molecule is Oc1ccccc1C1Oc2ccccc2C2C=C(c3cccs3)NN21. The molecule has 2 aliphatic heterocycles. The Morgan fingerprint density at radius 2 is 1.76 bits per heavy atom. The van der Waals surface area contributed by atoms with Crippen molar-refractivity contribution in [2.45, 2.75) is 12.3 Å². The van der Waals surface area contributed by atoms with Crippen LogP contribution in [0.15, 0.2) is 72.1 Å². The van der Waals surface area contributed by atoms with Crippen molar-refractivity contribution in [3.05, 3.63) is 88.1 Å². The molecule has 1 aromatic heterocycles. The molecule has 2 N–H and O–H groups in total. The summed E-state index contributed by atoms with van der Waals surface area (Å²) in [5.41, 5.74) is 6.42. The van der Waals surface area contributed by atoms with Gasteiger partial charge in [0.05, 0.1) is 22.2 Å². The second kappa shape index (κ2) is 5.65. The Balaban J connectivity index is 1.62. The van der Waals surface area contributed by atoms with E-state index in [-0.39, 0.29) is 11.8 Å². The lowest BCUT2D eigenvalue weighted by Crippen LogP contribution is -2.43. The van der Waals surface area contributed by atoms with Gasteiger partial charge in [-0.2, -0.15) is 5.01 Å². The van der Waals surface area contributed by atoms with Gasteiger partial charge in [0, 0.05) is 5.56 Å². The van der Waals surface area contributed by atoms with Crippen molar-refractivity contribution in [3.63, 3.8) is 0 Å². The summed E-state index contributed by atoms with van der Waals surface area (Å²) < 4.78 is 6.25. The predicted molar refractivity (Wildman–Crippen MR) is 97.9 cm³/mol. The molecule has 5 rings (SSSR count). The number of ether oxygens (including phenoxy) is 1.